The van der Waals surface area contributed by atoms with E-state index in [4.69, 9.17) is 12.2 Å². The largest absolute Gasteiger partial charge is 0.358 e. The first kappa shape index (κ1) is 12.7. The molecule has 0 amide bonds. The van der Waals surface area contributed by atoms with Gasteiger partial charge < -0.3 is 5.32 Å². The Balaban J connectivity index is 2.06. The van der Waals surface area contributed by atoms with Gasteiger partial charge in [-0.25, -0.2) is 0 Å². The molecule has 0 fully saturated rings. The number of rotatable bonds is 3. The minimum Gasteiger partial charge on any atom is -0.358 e. The SMILES string of the molecule is C=CCNC(=S)N/N=C1\CCCc2cccnc21. The summed E-state index contributed by atoms with van der Waals surface area (Å²) in [5, 5.41) is 7.82. The van der Waals surface area contributed by atoms with Crippen molar-refractivity contribution in [2.24, 2.45) is 5.10 Å². The van der Waals surface area contributed by atoms with Crippen LogP contribution in [0.4, 0.5) is 0 Å². The van der Waals surface area contributed by atoms with Gasteiger partial charge in [-0.15, -0.1) is 6.58 Å². The lowest BCUT2D eigenvalue weighted by Crippen LogP contribution is -2.33. The third-order valence-electron chi connectivity index (χ3n) is 2.72. The molecule has 1 aliphatic carbocycles. The highest BCUT2D eigenvalue weighted by Gasteiger charge is 2.16. The number of aromatic nitrogens is 1. The first-order valence-corrected chi connectivity index (χ1v) is 6.37. The number of fused-ring (bicyclic) bond motifs is 1. The van der Waals surface area contributed by atoms with Crippen molar-refractivity contribution in [1.29, 1.82) is 0 Å². The lowest BCUT2D eigenvalue weighted by Gasteiger charge is -2.16. The summed E-state index contributed by atoms with van der Waals surface area (Å²) in [6.07, 6.45) is 6.65. The summed E-state index contributed by atoms with van der Waals surface area (Å²) in [5.74, 6) is 0. The normalized spacial score (nSPS) is 15.9. The van der Waals surface area contributed by atoms with Crippen LogP contribution >= 0.6 is 12.2 Å². The number of hydrogen-bond donors (Lipinski definition) is 2. The molecule has 0 radical (unpaired) electrons. The number of thiocarbonyl (C=S) groups is 1. The molecule has 0 aromatic carbocycles. The van der Waals surface area contributed by atoms with E-state index in [1.165, 1.54) is 5.56 Å². The number of hydrogen-bond acceptors (Lipinski definition) is 3. The highest BCUT2D eigenvalue weighted by molar-refractivity contribution is 7.80. The van der Waals surface area contributed by atoms with Crippen LogP contribution in [0.15, 0.2) is 36.1 Å². The smallest absolute Gasteiger partial charge is 0.187 e. The van der Waals surface area contributed by atoms with Crippen molar-refractivity contribution in [3.05, 3.63) is 42.2 Å². The highest BCUT2D eigenvalue weighted by Crippen LogP contribution is 2.18. The van der Waals surface area contributed by atoms with Crippen LogP contribution in [0.5, 0.6) is 0 Å². The van der Waals surface area contributed by atoms with E-state index >= 15 is 0 Å². The second-order valence-corrected chi connectivity index (χ2v) is 4.44. The molecule has 5 heteroatoms. The van der Waals surface area contributed by atoms with Gasteiger partial charge in [0.1, 0.15) is 0 Å². The molecule has 0 spiro atoms. The maximum atomic E-state index is 5.09. The minimum absolute atomic E-state index is 0.505. The molecule has 1 heterocycles. The van der Waals surface area contributed by atoms with Gasteiger partial charge >= 0.3 is 0 Å². The summed E-state index contributed by atoms with van der Waals surface area (Å²) in [6, 6.07) is 4.07. The van der Waals surface area contributed by atoms with E-state index in [-0.39, 0.29) is 0 Å². The van der Waals surface area contributed by atoms with E-state index in [2.05, 4.69) is 33.5 Å². The summed E-state index contributed by atoms with van der Waals surface area (Å²) < 4.78 is 0. The zero-order chi connectivity index (χ0) is 12.8. The van der Waals surface area contributed by atoms with Crippen molar-refractivity contribution in [1.82, 2.24) is 15.7 Å². The molecule has 18 heavy (non-hydrogen) atoms. The summed E-state index contributed by atoms with van der Waals surface area (Å²) in [6.45, 7) is 4.25. The van der Waals surface area contributed by atoms with Gasteiger partial charge in [0.15, 0.2) is 5.11 Å². The Morgan fingerprint density at radius 2 is 2.44 bits per heavy atom. The van der Waals surface area contributed by atoms with Gasteiger partial charge in [-0.2, -0.15) is 5.10 Å². The summed E-state index contributed by atoms with van der Waals surface area (Å²) >= 11 is 5.09. The minimum atomic E-state index is 0.505. The van der Waals surface area contributed by atoms with Gasteiger partial charge in [0.05, 0.1) is 11.4 Å². The standard InChI is InChI=1S/C13H16N4S/c1-2-8-15-13(18)17-16-11-7-3-5-10-6-4-9-14-12(10)11/h2,4,6,9H,1,3,5,7-8H2,(H2,15,17,18)/b16-11+. The van der Waals surface area contributed by atoms with Crippen LogP contribution < -0.4 is 10.7 Å². The number of nitrogens with one attached hydrogen (secondary N) is 2. The van der Waals surface area contributed by atoms with Crippen molar-refractivity contribution < 1.29 is 0 Å². The highest BCUT2D eigenvalue weighted by atomic mass is 32.1. The van der Waals surface area contributed by atoms with E-state index in [0.29, 0.717) is 11.7 Å². The van der Waals surface area contributed by atoms with Gasteiger partial charge in [0.2, 0.25) is 0 Å². The van der Waals surface area contributed by atoms with E-state index < -0.39 is 0 Å². The first-order chi connectivity index (χ1) is 8.81. The quantitative estimate of drug-likeness (QED) is 0.494. The van der Waals surface area contributed by atoms with Crippen molar-refractivity contribution in [3.8, 4) is 0 Å². The molecule has 1 aromatic rings. The molecular formula is C13H16N4S. The molecular weight excluding hydrogens is 244 g/mol. The molecule has 0 saturated carbocycles. The van der Waals surface area contributed by atoms with Gasteiger partial charge in [-0.1, -0.05) is 12.1 Å². The molecule has 2 rings (SSSR count). The van der Waals surface area contributed by atoms with Gasteiger partial charge in [-0.3, -0.25) is 10.4 Å². The molecule has 2 N–H and O–H groups in total. The molecule has 1 aliphatic rings. The Hall–Kier alpha value is -1.75. The number of hydrazone groups is 1. The third kappa shape index (κ3) is 3.13. The fourth-order valence-corrected chi connectivity index (χ4v) is 2.03. The second kappa shape index (κ2) is 6.26. The molecule has 0 saturated heterocycles. The van der Waals surface area contributed by atoms with E-state index in [0.717, 1.165) is 30.7 Å². The van der Waals surface area contributed by atoms with Crippen LogP contribution in [0.3, 0.4) is 0 Å². The van der Waals surface area contributed by atoms with Crippen LogP contribution in [-0.4, -0.2) is 22.4 Å². The Bertz CT molecular complexity index is 482. The molecule has 0 bridgehead atoms. The molecule has 4 nitrogen and oxygen atoms in total. The van der Waals surface area contributed by atoms with Crippen molar-refractivity contribution >= 4 is 23.0 Å². The molecule has 0 unspecified atom stereocenters. The summed E-state index contributed by atoms with van der Waals surface area (Å²) in [5.41, 5.74) is 6.07. The van der Waals surface area contributed by atoms with Crippen molar-refractivity contribution in [2.75, 3.05) is 6.54 Å². The lowest BCUT2D eigenvalue weighted by atomic mass is 9.95. The van der Waals surface area contributed by atoms with E-state index in [1.54, 1.807) is 12.3 Å². The monoisotopic (exact) mass is 260 g/mol. The van der Waals surface area contributed by atoms with E-state index in [9.17, 15) is 0 Å². The molecule has 1 aromatic heterocycles. The zero-order valence-electron chi connectivity index (χ0n) is 10.1. The fraction of sp³-hybridized carbons (Fsp3) is 0.308. The topological polar surface area (TPSA) is 49.3 Å². The molecule has 94 valence electrons. The summed E-state index contributed by atoms with van der Waals surface area (Å²) in [7, 11) is 0. The molecule has 0 aliphatic heterocycles. The van der Waals surface area contributed by atoms with Gasteiger partial charge in [0.25, 0.3) is 0 Å². The maximum Gasteiger partial charge on any atom is 0.187 e. The van der Waals surface area contributed by atoms with Gasteiger partial charge in [0, 0.05) is 12.7 Å². The van der Waals surface area contributed by atoms with Crippen LogP contribution in [0.25, 0.3) is 0 Å². The van der Waals surface area contributed by atoms with Crippen LogP contribution in [0.1, 0.15) is 24.1 Å². The Labute approximate surface area is 112 Å². The zero-order valence-corrected chi connectivity index (χ0v) is 11.0. The van der Waals surface area contributed by atoms with Gasteiger partial charge in [-0.05, 0) is 43.1 Å². The van der Waals surface area contributed by atoms with Crippen molar-refractivity contribution in [2.45, 2.75) is 19.3 Å². The fourth-order valence-electron chi connectivity index (χ4n) is 1.90. The predicted octanol–water partition coefficient (Wildman–Crippen LogP) is 1.77. The molecule has 0 atom stereocenters. The van der Waals surface area contributed by atoms with E-state index in [1.807, 2.05) is 6.07 Å². The first-order valence-electron chi connectivity index (χ1n) is 5.97. The Morgan fingerprint density at radius 1 is 1.56 bits per heavy atom. The Kier molecular flexibility index (Phi) is 4.41. The van der Waals surface area contributed by atoms with Crippen LogP contribution in [-0.2, 0) is 6.42 Å². The second-order valence-electron chi connectivity index (χ2n) is 4.03. The number of nitrogens with zero attached hydrogens (tertiary/aromatic N) is 2. The number of aryl methyl sites for hydroxylation is 1. The predicted molar refractivity (Wildman–Crippen MR) is 77.6 cm³/mol. The summed E-state index contributed by atoms with van der Waals surface area (Å²) in [4.78, 5) is 4.39. The van der Waals surface area contributed by atoms with Crippen molar-refractivity contribution in [3.63, 3.8) is 0 Å². The number of pyridine rings is 1. The lowest BCUT2D eigenvalue weighted by molar-refractivity contribution is 0.813. The Morgan fingerprint density at radius 3 is 3.28 bits per heavy atom. The third-order valence-corrected chi connectivity index (χ3v) is 2.96. The average Bonchev–Trinajstić information content (AvgIpc) is 2.42. The average molecular weight is 260 g/mol. The van der Waals surface area contributed by atoms with Crippen LogP contribution in [0, 0.1) is 0 Å². The maximum absolute atomic E-state index is 5.09. The van der Waals surface area contributed by atoms with Crippen LogP contribution in [0.2, 0.25) is 0 Å².